The molecule has 0 bridgehead atoms. The smallest absolute Gasteiger partial charge is 0.407 e. The largest absolute Gasteiger partial charge is 0.444 e. The zero-order chi connectivity index (χ0) is 17.9. The molecule has 136 valence electrons. The van der Waals surface area contributed by atoms with Crippen LogP contribution < -0.4 is 10.6 Å². The molecule has 0 aliphatic rings. The van der Waals surface area contributed by atoms with Gasteiger partial charge in [-0.05, 0) is 33.6 Å². The Labute approximate surface area is 140 Å². The van der Waals surface area contributed by atoms with Crippen LogP contribution in [-0.2, 0) is 14.3 Å². The highest BCUT2D eigenvalue weighted by molar-refractivity contribution is 5.75. The zero-order valence-corrected chi connectivity index (χ0v) is 15.4. The van der Waals surface area contributed by atoms with Crippen molar-refractivity contribution in [2.45, 2.75) is 51.7 Å². The van der Waals surface area contributed by atoms with Gasteiger partial charge >= 0.3 is 6.09 Å². The Bertz CT molecular complexity index is 354. The second-order valence-electron chi connectivity index (χ2n) is 6.72. The van der Waals surface area contributed by atoms with Crippen LogP contribution in [0.25, 0.3) is 0 Å². The van der Waals surface area contributed by atoms with Gasteiger partial charge in [0.25, 0.3) is 0 Å². The van der Waals surface area contributed by atoms with Gasteiger partial charge in [0.15, 0.2) is 0 Å². The van der Waals surface area contributed by atoms with Crippen LogP contribution in [0.2, 0.25) is 0 Å². The van der Waals surface area contributed by atoms with E-state index in [9.17, 15) is 9.59 Å². The SMILES string of the molecule is COCC(CCCNC(=O)OC(C)(C)C)NCCC(=O)N(C)C. The van der Waals surface area contributed by atoms with Gasteiger partial charge in [0, 0.05) is 46.8 Å². The van der Waals surface area contributed by atoms with Crippen molar-refractivity contribution < 1.29 is 19.1 Å². The van der Waals surface area contributed by atoms with Crippen LogP contribution in [0.1, 0.15) is 40.0 Å². The van der Waals surface area contributed by atoms with Crippen LogP contribution in [0.3, 0.4) is 0 Å². The summed E-state index contributed by atoms with van der Waals surface area (Å²) in [5.74, 6) is 0.0975. The Morgan fingerprint density at radius 1 is 1.17 bits per heavy atom. The first kappa shape index (κ1) is 21.7. The van der Waals surface area contributed by atoms with Gasteiger partial charge in [-0.2, -0.15) is 0 Å². The average Bonchev–Trinajstić information content (AvgIpc) is 2.41. The second kappa shape index (κ2) is 11.2. The van der Waals surface area contributed by atoms with Crippen LogP contribution >= 0.6 is 0 Å². The number of carbonyl (C=O) groups is 2. The number of hydrogen-bond acceptors (Lipinski definition) is 5. The van der Waals surface area contributed by atoms with Crippen molar-refractivity contribution in [1.82, 2.24) is 15.5 Å². The van der Waals surface area contributed by atoms with Gasteiger partial charge in [0.05, 0.1) is 6.61 Å². The molecule has 7 nitrogen and oxygen atoms in total. The molecule has 0 heterocycles. The maximum absolute atomic E-state index is 11.5. The summed E-state index contributed by atoms with van der Waals surface area (Å²) in [7, 11) is 5.15. The number of nitrogens with one attached hydrogen (secondary N) is 2. The van der Waals surface area contributed by atoms with E-state index in [0.29, 0.717) is 26.1 Å². The van der Waals surface area contributed by atoms with E-state index in [2.05, 4.69) is 10.6 Å². The number of hydrogen-bond donors (Lipinski definition) is 2. The van der Waals surface area contributed by atoms with Crippen LogP contribution in [0.5, 0.6) is 0 Å². The monoisotopic (exact) mass is 331 g/mol. The Hall–Kier alpha value is -1.34. The van der Waals surface area contributed by atoms with E-state index in [1.807, 2.05) is 20.8 Å². The summed E-state index contributed by atoms with van der Waals surface area (Å²) in [6.07, 6.45) is 1.72. The molecule has 0 aromatic carbocycles. The maximum Gasteiger partial charge on any atom is 0.407 e. The molecule has 0 fully saturated rings. The predicted octanol–water partition coefficient (Wildman–Crippen LogP) is 1.37. The number of carbonyl (C=O) groups excluding carboxylic acids is 2. The van der Waals surface area contributed by atoms with E-state index in [-0.39, 0.29) is 11.9 Å². The van der Waals surface area contributed by atoms with Crippen LogP contribution in [0.15, 0.2) is 0 Å². The first-order valence-electron chi connectivity index (χ1n) is 8.05. The highest BCUT2D eigenvalue weighted by atomic mass is 16.6. The average molecular weight is 331 g/mol. The molecule has 0 spiro atoms. The topological polar surface area (TPSA) is 79.9 Å². The van der Waals surface area contributed by atoms with E-state index in [4.69, 9.17) is 9.47 Å². The summed E-state index contributed by atoms with van der Waals surface area (Å²) in [6.45, 7) is 7.24. The zero-order valence-electron chi connectivity index (χ0n) is 15.4. The van der Waals surface area contributed by atoms with E-state index < -0.39 is 11.7 Å². The fourth-order valence-electron chi connectivity index (χ4n) is 1.91. The molecule has 0 aromatic rings. The number of amides is 2. The number of rotatable bonds is 10. The molecule has 1 atom stereocenters. The lowest BCUT2D eigenvalue weighted by Crippen LogP contribution is -2.37. The minimum atomic E-state index is -0.483. The number of methoxy groups -OCH3 is 1. The summed E-state index contributed by atoms with van der Waals surface area (Å²) in [4.78, 5) is 24.6. The molecule has 0 saturated carbocycles. The molecule has 0 aromatic heterocycles. The molecule has 0 rings (SSSR count). The van der Waals surface area contributed by atoms with Crippen molar-refractivity contribution in [2.24, 2.45) is 0 Å². The Morgan fingerprint density at radius 3 is 2.35 bits per heavy atom. The van der Waals surface area contributed by atoms with Crippen molar-refractivity contribution in [3.8, 4) is 0 Å². The third-order valence-corrected chi connectivity index (χ3v) is 3.04. The lowest BCUT2D eigenvalue weighted by molar-refractivity contribution is -0.128. The highest BCUT2D eigenvalue weighted by Gasteiger charge is 2.16. The third kappa shape index (κ3) is 12.9. The molecular weight excluding hydrogens is 298 g/mol. The van der Waals surface area contributed by atoms with Crippen molar-refractivity contribution in [3.05, 3.63) is 0 Å². The molecule has 0 aliphatic heterocycles. The van der Waals surface area contributed by atoms with E-state index in [1.54, 1.807) is 26.1 Å². The first-order chi connectivity index (χ1) is 10.7. The van der Waals surface area contributed by atoms with Gasteiger partial charge < -0.3 is 25.0 Å². The summed E-state index contributed by atoms with van der Waals surface area (Å²) >= 11 is 0. The number of nitrogens with zero attached hydrogens (tertiary/aromatic N) is 1. The van der Waals surface area contributed by atoms with Crippen LogP contribution in [0.4, 0.5) is 4.79 Å². The van der Waals surface area contributed by atoms with Crippen molar-refractivity contribution in [2.75, 3.05) is 40.9 Å². The van der Waals surface area contributed by atoms with Gasteiger partial charge in [-0.1, -0.05) is 0 Å². The third-order valence-electron chi connectivity index (χ3n) is 3.04. The number of ether oxygens (including phenoxy) is 2. The molecule has 0 radical (unpaired) electrons. The number of alkyl carbamates (subject to hydrolysis) is 1. The molecule has 0 aliphatic carbocycles. The molecular formula is C16H33N3O4. The Balaban J connectivity index is 3.92. The summed E-state index contributed by atoms with van der Waals surface area (Å²) in [5.41, 5.74) is -0.483. The molecule has 2 N–H and O–H groups in total. The van der Waals surface area contributed by atoms with Gasteiger partial charge in [-0.15, -0.1) is 0 Å². The Kier molecular flexibility index (Phi) is 10.6. The lowest BCUT2D eigenvalue weighted by Gasteiger charge is -2.21. The van der Waals surface area contributed by atoms with Gasteiger partial charge in [0.1, 0.15) is 5.60 Å². The maximum atomic E-state index is 11.5. The predicted molar refractivity (Wildman–Crippen MR) is 90.4 cm³/mol. The molecule has 1 unspecified atom stereocenters. The fraction of sp³-hybridized carbons (Fsp3) is 0.875. The summed E-state index contributed by atoms with van der Waals surface area (Å²) in [6, 6.07) is 0.162. The Morgan fingerprint density at radius 2 is 1.83 bits per heavy atom. The van der Waals surface area contributed by atoms with Crippen molar-refractivity contribution in [1.29, 1.82) is 0 Å². The summed E-state index contributed by atoms with van der Waals surface area (Å²) < 4.78 is 10.4. The quantitative estimate of drug-likeness (QED) is 0.591. The van der Waals surface area contributed by atoms with E-state index in [1.165, 1.54) is 0 Å². The van der Waals surface area contributed by atoms with Gasteiger partial charge in [0.2, 0.25) is 5.91 Å². The summed E-state index contributed by atoms with van der Waals surface area (Å²) in [5, 5.41) is 6.05. The molecule has 23 heavy (non-hydrogen) atoms. The fourth-order valence-corrected chi connectivity index (χ4v) is 1.91. The molecule has 2 amide bonds. The molecule has 0 saturated heterocycles. The van der Waals surface area contributed by atoms with E-state index >= 15 is 0 Å². The normalized spacial score (nSPS) is 12.6. The standard InChI is InChI=1S/C16H33N3O4/c1-16(2,3)23-15(21)18-10-7-8-13(12-22-6)17-11-9-14(20)19(4)5/h13,17H,7-12H2,1-6H3,(H,18,21). The van der Waals surface area contributed by atoms with Crippen molar-refractivity contribution >= 4 is 12.0 Å². The minimum Gasteiger partial charge on any atom is -0.444 e. The van der Waals surface area contributed by atoms with E-state index in [0.717, 1.165) is 12.8 Å². The minimum absolute atomic E-state index is 0.0975. The van der Waals surface area contributed by atoms with Crippen LogP contribution in [0, 0.1) is 0 Å². The second-order valence-corrected chi connectivity index (χ2v) is 6.72. The van der Waals surface area contributed by atoms with Crippen LogP contribution in [-0.4, -0.2) is 69.4 Å². The molecule has 7 heteroatoms. The van der Waals surface area contributed by atoms with Crippen molar-refractivity contribution in [3.63, 3.8) is 0 Å². The highest BCUT2D eigenvalue weighted by Crippen LogP contribution is 2.06. The lowest BCUT2D eigenvalue weighted by atomic mass is 10.1. The van der Waals surface area contributed by atoms with Gasteiger partial charge in [-0.25, -0.2) is 4.79 Å². The first-order valence-corrected chi connectivity index (χ1v) is 8.05. The van der Waals surface area contributed by atoms with Gasteiger partial charge in [-0.3, -0.25) is 4.79 Å².